The largest absolute Gasteiger partial charge is 0.355 e. The van der Waals surface area contributed by atoms with Gasteiger partial charge in [-0.25, -0.2) is 4.98 Å². The molecule has 1 saturated heterocycles. The topological polar surface area (TPSA) is 28.2 Å². The van der Waals surface area contributed by atoms with Gasteiger partial charge in [-0.3, -0.25) is 0 Å². The molecule has 0 radical (unpaired) electrons. The molecule has 0 amide bonds. The molecule has 4 heteroatoms. The first-order valence-electron chi connectivity index (χ1n) is 8.03. The molecule has 0 spiro atoms. The third-order valence-corrected chi connectivity index (χ3v) is 4.47. The Labute approximate surface area is 134 Å². The zero-order valence-corrected chi connectivity index (χ0v) is 14.5. The highest BCUT2D eigenvalue weighted by molar-refractivity contribution is 6.33. The SMILES string of the molecule is CCC1CCN(c2ncc(CNC(C)(C)C)cc2Cl)CC1. The van der Waals surface area contributed by atoms with Gasteiger partial charge in [-0.1, -0.05) is 24.9 Å². The number of halogens is 1. The summed E-state index contributed by atoms with van der Waals surface area (Å²) >= 11 is 6.45. The van der Waals surface area contributed by atoms with Crippen LogP contribution in [0.5, 0.6) is 0 Å². The van der Waals surface area contributed by atoms with E-state index in [1.807, 2.05) is 6.20 Å². The van der Waals surface area contributed by atoms with Crippen molar-refractivity contribution < 1.29 is 0 Å². The van der Waals surface area contributed by atoms with Gasteiger partial charge in [-0.2, -0.15) is 0 Å². The van der Waals surface area contributed by atoms with Crippen molar-refractivity contribution in [3.05, 3.63) is 22.8 Å². The van der Waals surface area contributed by atoms with Gasteiger partial charge in [0.25, 0.3) is 0 Å². The molecule has 2 heterocycles. The number of hydrogen-bond donors (Lipinski definition) is 1. The van der Waals surface area contributed by atoms with Crippen LogP contribution in [0.15, 0.2) is 12.3 Å². The molecule has 0 unspecified atom stereocenters. The van der Waals surface area contributed by atoms with Crippen LogP contribution in [0.25, 0.3) is 0 Å². The molecule has 0 bridgehead atoms. The molecule has 0 atom stereocenters. The third-order valence-electron chi connectivity index (χ3n) is 4.19. The van der Waals surface area contributed by atoms with Crippen LogP contribution in [-0.4, -0.2) is 23.6 Å². The molecule has 0 aliphatic carbocycles. The van der Waals surface area contributed by atoms with Crippen molar-refractivity contribution in [3.63, 3.8) is 0 Å². The number of anilines is 1. The van der Waals surface area contributed by atoms with E-state index >= 15 is 0 Å². The first-order valence-corrected chi connectivity index (χ1v) is 8.41. The number of aromatic nitrogens is 1. The summed E-state index contributed by atoms with van der Waals surface area (Å²) in [6.45, 7) is 11.7. The number of nitrogens with one attached hydrogen (secondary N) is 1. The van der Waals surface area contributed by atoms with Crippen LogP contribution in [0, 0.1) is 5.92 Å². The second-order valence-corrected chi connectivity index (χ2v) is 7.50. The van der Waals surface area contributed by atoms with Crippen LogP contribution in [0.3, 0.4) is 0 Å². The average molecular weight is 310 g/mol. The van der Waals surface area contributed by atoms with Gasteiger partial charge < -0.3 is 10.2 Å². The van der Waals surface area contributed by atoms with E-state index < -0.39 is 0 Å². The number of rotatable bonds is 4. The fraction of sp³-hybridized carbons (Fsp3) is 0.706. The molecule has 0 saturated carbocycles. The number of pyridine rings is 1. The van der Waals surface area contributed by atoms with Crippen molar-refractivity contribution in [3.8, 4) is 0 Å². The van der Waals surface area contributed by atoms with E-state index in [1.54, 1.807) is 0 Å². The van der Waals surface area contributed by atoms with Crippen LogP contribution in [-0.2, 0) is 6.54 Å². The highest BCUT2D eigenvalue weighted by atomic mass is 35.5. The smallest absolute Gasteiger partial charge is 0.147 e. The van der Waals surface area contributed by atoms with Crippen molar-refractivity contribution in [2.45, 2.75) is 59.0 Å². The van der Waals surface area contributed by atoms with Crippen molar-refractivity contribution in [1.82, 2.24) is 10.3 Å². The number of hydrogen-bond acceptors (Lipinski definition) is 3. The van der Waals surface area contributed by atoms with Gasteiger partial charge in [0, 0.05) is 31.4 Å². The van der Waals surface area contributed by atoms with Crippen LogP contribution in [0.4, 0.5) is 5.82 Å². The van der Waals surface area contributed by atoms with Crippen LogP contribution < -0.4 is 10.2 Å². The van der Waals surface area contributed by atoms with E-state index in [0.29, 0.717) is 0 Å². The molecule has 1 N–H and O–H groups in total. The molecule has 1 aliphatic heterocycles. The summed E-state index contributed by atoms with van der Waals surface area (Å²) in [7, 11) is 0. The fourth-order valence-corrected chi connectivity index (χ4v) is 3.03. The lowest BCUT2D eigenvalue weighted by Gasteiger charge is -2.33. The first kappa shape index (κ1) is 16.6. The minimum Gasteiger partial charge on any atom is -0.355 e. The molecule has 3 nitrogen and oxygen atoms in total. The summed E-state index contributed by atoms with van der Waals surface area (Å²) in [5, 5.41) is 4.24. The van der Waals surface area contributed by atoms with E-state index in [1.165, 1.54) is 19.3 Å². The summed E-state index contributed by atoms with van der Waals surface area (Å²) < 4.78 is 0. The maximum atomic E-state index is 6.45. The van der Waals surface area contributed by atoms with Crippen molar-refractivity contribution in [1.29, 1.82) is 0 Å². The Morgan fingerprint density at radius 1 is 1.33 bits per heavy atom. The first-order chi connectivity index (χ1) is 9.89. The van der Waals surface area contributed by atoms with E-state index in [0.717, 1.165) is 42.0 Å². The molecular weight excluding hydrogens is 282 g/mol. The van der Waals surface area contributed by atoms with Crippen LogP contribution >= 0.6 is 11.6 Å². The molecule has 1 aromatic heterocycles. The second kappa shape index (κ2) is 6.97. The van der Waals surface area contributed by atoms with Crippen molar-refractivity contribution >= 4 is 17.4 Å². The molecule has 1 aliphatic rings. The predicted molar refractivity (Wildman–Crippen MR) is 91.1 cm³/mol. The Kier molecular flexibility index (Phi) is 5.50. The maximum Gasteiger partial charge on any atom is 0.147 e. The predicted octanol–water partition coefficient (Wildman–Crippen LogP) is 4.25. The van der Waals surface area contributed by atoms with E-state index in [4.69, 9.17) is 11.6 Å². The fourth-order valence-electron chi connectivity index (χ4n) is 2.72. The Morgan fingerprint density at radius 3 is 2.52 bits per heavy atom. The van der Waals surface area contributed by atoms with Gasteiger partial charge >= 0.3 is 0 Å². The molecular formula is C17H28ClN3. The Morgan fingerprint density at radius 2 is 2.00 bits per heavy atom. The lowest BCUT2D eigenvalue weighted by molar-refractivity contribution is 0.393. The standard InChI is InChI=1S/C17H28ClN3/c1-5-13-6-8-21(9-7-13)16-15(18)10-14(11-19-16)12-20-17(2,3)4/h10-11,13,20H,5-9,12H2,1-4H3. The van der Waals surface area contributed by atoms with Crippen molar-refractivity contribution in [2.75, 3.05) is 18.0 Å². The van der Waals surface area contributed by atoms with Gasteiger partial charge in [0.1, 0.15) is 5.82 Å². The Bertz CT molecular complexity index is 460. The van der Waals surface area contributed by atoms with Gasteiger partial charge in [0.15, 0.2) is 0 Å². The lowest BCUT2D eigenvalue weighted by atomic mass is 9.94. The second-order valence-electron chi connectivity index (χ2n) is 7.09. The van der Waals surface area contributed by atoms with Gasteiger partial charge in [-0.15, -0.1) is 0 Å². The average Bonchev–Trinajstić information content (AvgIpc) is 2.45. The minimum absolute atomic E-state index is 0.104. The maximum absolute atomic E-state index is 6.45. The number of piperidine rings is 1. The summed E-state index contributed by atoms with van der Waals surface area (Å²) in [5.74, 6) is 1.82. The minimum atomic E-state index is 0.104. The molecule has 1 fully saturated rings. The summed E-state index contributed by atoms with van der Waals surface area (Å²) in [5.41, 5.74) is 1.25. The monoisotopic (exact) mass is 309 g/mol. The molecule has 0 aromatic carbocycles. The quantitative estimate of drug-likeness (QED) is 0.901. The third kappa shape index (κ3) is 4.86. The van der Waals surface area contributed by atoms with Gasteiger partial charge in [-0.05, 0) is 51.2 Å². The summed E-state index contributed by atoms with van der Waals surface area (Å²) in [6.07, 6.45) is 5.74. The highest BCUT2D eigenvalue weighted by Gasteiger charge is 2.20. The summed E-state index contributed by atoms with van der Waals surface area (Å²) in [4.78, 5) is 6.94. The normalized spacial score (nSPS) is 17.3. The molecule has 118 valence electrons. The molecule has 2 rings (SSSR count). The lowest BCUT2D eigenvalue weighted by Crippen LogP contribution is -2.35. The van der Waals surface area contributed by atoms with E-state index in [9.17, 15) is 0 Å². The van der Waals surface area contributed by atoms with Gasteiger partial charge in [0.05, 0.1) is 5.02 Å². The van der Waals surface area contributed by atoms with Crippen LogP contribution in [0.2, 0.25) is 5.02 Å². The number of nitrogens with zero attached hydrogens (tertiary/aromatic N) is 2. The summed E-state index contributed by atoms with van der Waals surface area (Å²) in [6, 6.07) is 2.05. The molecule has 1 aromatic rings. The van der Waals surface area contributed by atoms with Gasteiger partial charge in [0.2, 0.25) is 0 Å². The zero-order chi connectivity index (χ0) is 15.5. The highest BCUT2D eigenvalue weighted by Crippen LogP contribution is 2.29. The molecule has 21 heavy (non-hydrogen) atoms. The Hall–Kier alpha value is -0.800. The van der Waals surface area contributed by atoms with Crippen LogP contribution in [0.1, 0.15) is 52.5 Å². The zero-order valence-electron chi connectivity index (χ0n) is 13.7. The van der Waals surface area contributed by atoms with Crippen molar-refractivity contribution in [2.24, 2.45) is 5.92 Å². The van der Waals surface area contributed by atoms with E-state index in [-0.39, 0.29) is 5.54 Å². The van der Waals surface area contributed by atoms with E-state index in [2.05, 4.69) is 49.0 Å². The Balaban J connectivity index is 1.99.